The molecule has 0 aliphatic heterocycles. The summed E-state index contributed by atoms with van der Waals surface area (Å²) in [6, 6.07) is 12.1. The second-order valence-corrected chi connectivity index (χ2v) is 4.70. The Hall–Kier alpha value is -2.20. The third-order valence-corrected chi connectivity index (χ3v) is 3.20. The van der Waals surface area contributed by atoms with Crippen LogP contribution < -0.4 is 10.6 Å². The Morgan fingerprint density at radius 1 is 1.20 bits per heavy atom. The number of rotatable bonds is 4. The number of nitrogens with one attached hydrogen (secondary N) is 2. The predicted molar refractivity (Wildman–Crippen MR) is 80.3 cm³/mol. The summed E-state index contributed by atoms with van der Waals surface area (Å²) in [4.78, 5) is 11.6. The highest BCUT2D eigenvalue weighted by Gasteiger charge is 2.09. The second-order valence-electron chi connectivity index (χ2n) is 4.29. The number of hydrogen-bond donors (Lipinski definition) is 3. The van der Waals surface area contributed by atoms with Crippen LogP contribution in [0.3, 0.4) is 0 Å². The molecule has 2 rings (SSSR count). The van der Waals surface area contributed by atoms with Gasteiger partial charge in [-0.15, -0.1) is 0 Å². The minimum atomic E-state index is -0.219. The lowest BCUT2D eigenvalue weighted by atomic mass is 10.1. The summed E-state index contributed by atoms with van der Waals surface area (Å²) in [5, 5.41) is 15.4. The average Bonchev–Trinajstić information content (AvgIpc) is 2.47. The Morgan fingerprint density at radius 3 is 2.55 bits per heavy atom. The smallest absolute Gasteiger partial charge is 0.252 e. The van der Waals surface area contributed by atoms with Crippen LogP contribution in [0.15, 0.2) is 42.5 Å². The Labute approximate surface area is 122 Å². The van der Waals surface area contributed by atoms with Crippen LogP contribution in [0.5, 0.6) is 5.75 Å². The van der Waals surface area contributed by atoms with Gasteiger partial charge in [-0.3, -0.25) is 4.79 Å². The fourth-order valence-electron chi connectivity index (χ4n) is 1.76. The number of carbonyl (C=O) groups excluding carboxylic acids is 1. The van der Waals surface area contributed by atoms with Crippen LogP contribution in [0, 0.1) is 0 Å². The average molecular weight is 291 g/mol. The molecule has 0 fully saturated rings. The first kappa shape index (κ1) is 14.2. The zero-order valence-corrected chi connectivity index (χ0v) is 11.7. The largest absolute Gasteiger partial charge is 0.508 e. The molecule has 1 amide bonds. The molecule has 0 bridgehead atoms. The lowest BCUT2D eigenvalue weighted by molar-refractivity contribution is 0.0963. The van der Waals surface area contributed by atoms with Crippen LogP contribution in [-0.4, -0.2) is 18.1 Å². The molecule has 0 unspecified atom stereocenters. The van der Waals surface area contributed by atoms with E-state index < -0.39 is 0 Å². The highest BCUT2D eigenvalue weighted by atomic mass is 35.5. The van der Waals surface area contributed by atoms with Gasteiger partial charge in [0.25, 0.3) is 5.91 Å². The number of amides is 1. The summed E-state index contributed by atoms with van der Waals surface area (Å²) in [6.07, 6.45) is 0. The molecular weight excluding hydrogens is 276 g/mol. The van der Waals surface area contributed by atoms with Gasteiger partial charge < -0.3 is 15.7 Å². The predicted octanol–water partition coefficient (Wildman–Crippen LogP) is 3.02. The van der Waals surface area contributed by atoms with Gasteiger partial charge in [0.05, 0.1) is 10.6 Å². The van der Waals surface area contributed by atoms with Crippen molar-refractivity contribution < 1.29 is 9.90 Å². The van der Waals surface area contributed by atoms with E-state index in [0.29, 0.717) is 17.1 Å². The maximum atomic E-state index is 11.6. The number of benzene rings is 2. The zero-order valence-electron chi connectivity index (χ0n) is 11.0. The Balaban J connectivity index is 2.10. The minimum absolute atomic E-state index is 0.219. The molecule has 0 radical (unpaired) electrons. The molecule has 0 heterocycles. The van der Waals surface area contributed by atoms with Crippen LogP contribution >= 0.6 is 11.6 Å². The SMILES string of the molecule is CNC(=O)c1cc(NCc2ccc(O)cc2)ccc1Cl. The number of hydrogen-bond acceptors (Lipinski definition) is 3. The van der Waals surface area contributed by atoms with Gasteiger partial charge in [0.2, 0.25) is 0 Å². The summed E-state index contributed by atoms with van der Waals surface area (Å²) >= 11 is 5.99. The third kappa shape index (κ3) is 3.42. The highest BCUT2D eigenvalue weighted by molar-refractivity contribution is 6.34. The molecule has 0 saturated carbocycles. The number of phenols is 1. The van der Waals surface area contributed by atoms with E-state index in [4.69, 9.17) is 11.6 Å². The lowest BCUT2D eigenvalue weighted by Gasteiger charge is -2.09. The van der Waals surface area contributed by atoms with Crippen LogP contribution in [-0.2, 0) is 6.54 Å². The normalized spacial score (nSPS) is 10.1. The third-order valence-electron chi connectivity index (χ3n) is 2.87. The summed E-state index contributed by atoms with van der Waals surface area (Å²) in [6.45, 7) is 0.592. The molecule has 0 aliphatic rings. The van der Waals surface area contributed by atoms with Crippen LogP contribution in [0.25, 0.3) is 0 Å². The van der Waals surface area contributed by atoms with Crippen molar-refractivity contribution in [2.24, 2.45) is 0 Å². The number of aromatic hydroxyl groups is 1. The summed E-state index contributed by atoms with van der Waals surface area (Å²) in [5.41, 5.74) is 2.27. The molecule has 104 valence electrons. The zero-order chi connectivity index (χ0) is 14.5. The van der Waals surface area contributed by atoms with Gasteiger partial charge in [-0.05, 0) is 35.9 Å². The molecule has 4 nitrogen and oxygen atoms in total. The summed E-state index contributed by atoms with van der Waals surface area (Å²) in [7, 11) is 1.56. The topological polar surface area (TPSA) is 61.4 Å². The molecule has 2 aromatic carbocycles. The number of phenolic OH excluding ortho intramolecular Hbond substituents is 1. The molecule has 0 saturated heterocycles. The van der Waals surface area contributed by atoms with Crippen molar-refractivity contribution in [1.82, 2.24) is 5.32 Å². The van der Waals surface area contributed by atoms with E-state index in [-0.39, 0.29) is 11.7 Å². The maximum absolute atomic E-state index is 11.6. The van der Waals surface area contributed by atoms with E-state index in [2.05, 4.69) is 10.6 Å². The van der Waals surface area contributed by atoms with E-state index in [0.717, 1.165) is 11.3 Å². The molecule has 0 aliphatic carbocycles. The van der Waals surface area contributed by atoms with Gasteiger partial charge in [-0.25, -0.2) is 0 Å². The molecule has 0 spiro atoms. The van der Waals surface area contributed by atoms with Crippen molar-refractivity contribution >= 4 is 23.2 Å². The fourth-order valence-corrected chi connectivity index (χ4v) is 1.97. The van der Waals surface area contributed by atoms with Gasteiger partial charge in [-0.2, -0.15) is 0 Å². The second kappa shape index (κ2) is 6.30. The summed E-state index contributed by atoms with van der Waals surface area (Å²) in [5.74, 6) is 0.0189. The first-order valence-corrected chi connectivity index (χ1v) is 6.51. The quantitative estimate of drug-likeness (QED) is 0.811. The molecule has 20 heavy (non-hydrogen) atoms. The monoisotopic (exact) mass is 290 g/mol. The van der Waals surface area contributed by atoms with Gasteiger partial charge in [0, 0.05) is 19.3 Å². The Kier molecular flexibility index (Phi) is 4.48. The van der Waals surface area contributed by atoms with Gasteiger partial charge in [0.1, 0.15) is 5.75 Å². The molecule has 5 heteroatoms. The highest BCUT2D eigenvalue weighted by Crippen LogP contribution is 2.21. The number of carbonyl (C=O) groups is 1. The lowest BCUT2D eigenvalue weighted by Crippen LogP contribution is -2.18. The van der Waals surface area contributed by atoms with E-state index in [1.165, 1.54) is 0 Å². The first-order chi connectivity index (χ1) is 9.60. The van der Waals surface area contributed by atoms with Crippen molar-refractivity contribution in [3.05, 3.63) is 58.6 Å². The van der Waals surface area contributed by atoms with Gasteiger partial charge in [-0.1, -0.05) is 23.7 Å². The van der Waals surface area contributed by atoms with E-state index in [1.54, 1.807) is 31.3 Å². The molecule has 3 N–H and O–H groups in total. The maximum Gasteiger partial charge on any atom is 0.252 e. The van der Waals surface area contributed by atoms with Gasteiger partial charge in [0.15, 0.2) is 0 Å². The van der Waals surface area contributed by atoms with Gasteiger partial charge >= 0.3 is 0 Å². The molecule has 2 aromatic rings. The summed E-state index contributed by atoms with van der Waals surface area (Å²) < 4.78 is 0. The van der Waals surface area contributed by atoms with E-state index >= 15 is 0 Å². The van der Waals surface area contributed by atoms with E-state index in [9.17, 15) is 9.90 Å². The molecule has 0 atom stereocenters. The van der Waals surface area contributed by atoms with Crippen molar-refractivity contribution in [2.75, 3.05) is 12.4 Å². The van der Waals surface area contributed by atoms with Crippen LogP contribution in [0.1, 0.15) is 15.9 Å². The number of anilines is 1. The first-order valence-electron chi connectivity index (χ1n) is 6.13. The molecular formula is C15H15ClN2O2. The van der Waals surface area contributed by atoms with Crippen LogP contribution in [0.4, 0.5) is 5.69 Å². The number of halogens is 1. The standard InChI is InChI=1S/C15H15ClN2O2/c1-17-15(20)13-8-11(4-7-14(13)16)18-9-10-2-5-12(19)6-3-10/h2-8,18-19H,9H2,1H3,(H,17,20). The fraction of sp³-hybridized carbons (Fsp3) is 0.133. The van der Waals surface area contributed by atoms with Crippen molar-refractivity contribution in [2.45, 2.75) is 6.54 Å². The molecule has 0 aromatic heterocycles. The van der Waals surface area contributed by atoms with Crippen LogP contribution in [0.2, 0.25) is 5.02 Å². The van der Waals surface area contributed by atoms with Crippen molar-refractivity contribution in [1.29, 1.82) is 0 Å². The van der Waals surface area contributed by atoms with Crippen molar-refractivity contribution in [3.63, 3.8) is 0 Å². The van der Waals surface area contributed by atoms with E-state index in [1.807, 2.05) is 18.2 Å². The Morgan fingerprint density at radius 2 is 1.90 bits per heavy atom. The van der Waals surface area contributed by atoms with Crippen molar-refractivity contribution in [3.8, 4) is 5.75 Å². The Bertz CT molecular complexity index is 612. The minimum Gasteiger partial charge on any atom is -0.508 e.